The molecule has 0 aliphatic carbocycles. The normalized spacial score (nSPS) is 12.6. The summed E-state index contributed by atoms with van der Waals surface area (Å²) in [4.78, 5) is 0. The Morgan fingerprint density at radius 2 is 2.12 bits per heavy atom. The highest BCUT2D eigenvalue weighted by Crippen LogP contribution is 1.77. The van der Waals surface area contributed by atoms with Crippen LogP contribution < -0.4 is 5.32 Å². The maximum atomic E-state index is 8.68. The number of nitrogens with one attached hydrogen (secondary N) is 1. The van der Waals surface area contributed by atoms with Gasteiger partial charge in [0, 0.05) is 6.54 Å². The van der Waals surface area contributed by atoms with Crippen LogP contribution >= 0.6 is 0 Å². The van der Waals surface area contributed by atoms with Crippen molar-refractivity contribution < 1.29 is 5.11 Å². The van der Waals surface area contributed by atoms with Crippen molar-refractivity contribution >= 4 is 0 Å². The van der Waals surface area contributed by atoms with Gasteiger partial charge >= 0.3 is 0 Å². The highest BCUT2D eigenvalue weighted by atomic mass is 16.3. The average Bonchev–Trinajstić information content (AvgIpc) is 1.83. The molecule has 0 amide bonds. The third-order valence-corrected chi connectivity index (χ3v) is 0.608. The Kier molecular flexibility index (Phi) is 4.21. The van der Waals surface area contributed by atoms with E-state index in [0.29, 0.717) is 0 Å². The molecule has 0 spiro atoms. The summed E-state index contributed by atoms with van der Waals surface area (Å²) < 4.78 is 0. The minimum atomic E-state index is -0.659. The number of hydrogen-bond donors (Lipinski definition) is 2. The zero-order valence-electron chi connectivity index (χ0n) is 4.67. The third-order valence-electron chi connectivity index (χ3n) is 0.608. The molecule has 0 saturated heterocycles. The van der Waals surface area contributed by atoms with E-state index in [1.54, 1.807) is 12.6 Å². The Labute approximate surface area is 49.5 Å². The van der Waals surface area contributed by atoms with E-state index in [-0.39, 0.29) is 0 Å². The molecule has 0 saturated carbocycles. The molecule has 1 unspecified atom stereocenters. The zero-order valence-corrected chi connectivity index (χ0v) is 4.67. The molecular weight excluding hydrogens is 102 g/mol. The summed E-state index contributed by atoms with van der Waals surface area (Å²) in [5.41, 5.74) is 0. The zero-order chi connectivity index (χ0) is 6.41. The molecule has 0 aromatic heterocycles. The standard InChI is InChI=1S/C6H10NO/c1-3-5-7-6(8)4-2/h3-8H,1-2H2. The number of rotatable bonds is 4. The second kappa shape index (κ2) is 4.56. The van der Waals surface area contributed by atoms with Crippen LogP contribution in [-0.2, 0) is 0 Å². The summed E-state index contributed by atoms with van der Waals surface area (Å²) in [5.74, 6) is 0. The predicted molar refractivity (Wildman–Crippen MR) is 33.8 cm³/mol. The van der Waals surface area contributed by atoms with Crippen molar-refractivity contribution in [1.29, 1.82) is 0 Å². The van der Waals surface area contributed by atoms with Gasteiger partial charge in [-0.05, 0) is 6.08 Å². The van der Waals surface area contributed by atoms with Gasteiger partial charge in [-0.2, -0.15) is 0 Å². The highest BCUT2D eigenvalue weighted by molar-refractivity contribution is 4.88. The van der Waals surface area contributed by atoms with Gasteiger partial charge in [-0.25, -0.2) is 0 Å². The van der Waals surface area contributed by atoms with Crippen LogP contribution in [0.3, 0.4) is 0 Å². The topological polar surface area (TPSA) is 32.3 Å². The number of hydrogen-bond acceptors (Lipinski definition) is 2. The van der Waals surface area contributed by atoms with Crippen LogP contribution in [0.1, 0.15) is 0 Å². The minimum Gasteiger partial charge on any atom is -0.375 e. The van der Waals surface area contributed by atoms with E-state index < -0.39 is 6.23 Å². The number of aliphatic hydroxyl groups excluding tert-OH is 1. The smallest absolute Gasteiger partial charge is 0.124 e. The molecule has 0 rings (SSSR count). The molecule has 0 aromatic carbocycles. The van der Waals surface area contributed by atoms with E-state index in [9.17, 15) is 0 Å². The average molecular weight is 112 g/mol. The van der Waals surface area contributed by atoms with Crippen LogP contribution in [0.2, 0.25) is 0 Å². The van der Waals surface area contributed by atoms with E-state index in [0.717, 1.165) is 0 Å². The van der Waals surface area contributed by atoms with Crippen LogP contribution in [0, 0.1) is 6.54 Å². The fourth-order valence-electron chi connectivity index (χ4n) is 0.235. The van der Waals surface area contributed by atoms with Gasteiger partial charge in [0.15, 0.2) is 0 Å². The first kappa shape index (κ1) is 7.40. The SMILES string of the molecule is C=C[CH]NC(O)C=C. The van der Waals surface area contributed by atoms with Gasteiger partial charge in [0.2, 0.25) is 0 Å². The summed E-state index contributed by atoms with van der Waals surface area (Å²) in [6.07, 6.45) is 2.28. The van der Waals surface area contributed by atoms with Crippen LogP contribution in [0.5, 0.6) is 0 Å². The Morgan fingerprint density at radius 3 is 2.50 bits per heavy atom. The molecule has 2 heteroatoms. The van der Waals surface area contributed by atoms with E-state index in [1.807, 2.05) is 0 Å². The van der Waals surface area contributed by atoms with Gasteiger partial charge in [-0.3, -0.25) is 5.32 Å². The maximum Gasteiger partial charge on any atom is 0.124 e. The third kappa shape index (κ3) is 3.59. The van der Waals surface area contributed by atoms with E-state index in [1.165, 1.54) is 6.08 Å². The van der Waals surface area contributed by atoms with Crippen molar-refractivity contribution in [3.63, 3.8) is 0 Å². The van der Waals surface area contributed by atoms with Crippen molar-refractivity contribution in [3.8, 4) is 0 Å². The lowest BCUT2D eigenvalue weighted by atomic mass is 10.5. The van der Waals surface area contributed by atoms with Gasteiger partial charge in [0.25, 0.3) is 0 Å². The van der Waals surface area contributed by atoms with Crippen molar-refractivity contribution in [3.05, 3.63) is 31.9 Å². The quantitative estimate of drug-likeness (QED) is 0.408. The molecule has 0 aliphatic rings. The Morgan fingerprint density at radius 1 is 1.50 bits per heavy atom. The summed E-state index contributed by atoms with van der Waals surface area (Å²) in [7, 11) is 0. The monoisotopic (exact) mass is 112 g/mol. The van der Waals surface area contributed by atoms with Crippen LogP contribution in [-0.4, -0.2) is 11.3 Å². The van der Waals surface area contributed by atoms with Gasteiger partial charge in [-0.1, -0.05) is 12.7 Å². The summed E-state index contributed by atoms with van der Waals surface area (Å²) in [6, 6.07) is 0. The molecule has 0 heterocycles. The molecule has 45 valence electrons. The molecule has 0 aromatic rings. The maximum absolute atomic E-state index is 8.68. The lowest BCUT2D eigenvalue weighted by molar-refractivity contribution is 0.198. The second-order valence-electron chi connectivity index (χ2n) is 1.25. The molecule has 0 fully saturated rings. The van der Waals surface area contributed by atoms with Gasteiger partial charge in [0.1, 0.15) is 6.23 Å². The Balaban J connectivity index is 3.09. The second-order valence-corrected chi connectivity index (χ2v) is 1.25. The molecule has 2 nitrogen and oxygen atoms in total. The highest BCUT2D eigenvalue weighted by Gasteiger charge is 1.89. The largest absolute Gasteiger partial charge is 0.375 e. The van der Waals surface area contributed by atoms with Gasteiger partial charge in [-0.15, -0.1) is 6.58 Å². The first-order valence-corrected chi connectivity index (χ1v) is 2.32. The van der Waals surface area contributed by atoms with Gasteiger partial charge < -0.3 is 5.11 Å². The van der Waals surface area contributed by atoms with Crippen LogP contribution in [0.15, 0.2) is 25.3 Å². The van der Waals surface area contributed by atoms with E-state index in [2.05, 4.69) is 18.5 Å². The molecule has 0 aliphatic heterocycles. The summed E-state index contributed by atoms with van der Waals surface area (Å²) >= 11 is 0. The lowest BCUT2D eigenvalue weighted by Gasteiger charge is -2.02. The summed E-state index contributed by atoms with van der Waals surface area (Å²) in [5, 5.41) is 11.3. The van der Waals surface area contributed by atoms with Crippen molar-refractivity contribution in [1.82, 2.24) is 5.32 Å². The van der Waals surface area contributed by atoms with Crippen molar-refractivity contribution in [2.45, 2.75) is 6.23 Å². The predicted octanol–water partition coefficient (Wildman–Crippen LogP) is 0.428. The fraction of sp³-hybridized carbons (Fsp3) is 0.167. The Hall–Kier alpha value is -0.600. The fourth-order valence-corrected chi connectivity index (χ4v) is 0.235. The van der Waals surface area contributed by atoms with E-state index >= 15 is 0 Å². The molecule has 2 N–H and O–H groups in total. The molecule has 1 radical (unpaired) electrons. The molecule has 1 atom stereocenters. The molecule has 8 heavy (non-hydrogen) atoms. The first-order valence-electron chi connectivity index (χ1n) is 2.32. The minimum absolute atomic E-state index is 0.659. The van der Waals surface area contributed by atoms with Crippen molar-refractivity contribution in [2.75, 3.05) is 0 Å². The van der Waals surface area contributed by atoms with Gasteiger partial charge in [0.05, 0.1) is 0 Å². The summed E-state index contributed by atoms with van der Waals surface area (Å²) in [6.45, 7) is 8.30. The van der Waals surface area contributed by atoms with Crippen molar-refractivity contribution in [2.24, 2.45) is 0 Å². The van der Waals surface area contributed by atoms with Crippen LogP contribution in [0.25, 0.3) is 0 Å². The van der Waals surface area contributed by atoms with E-state index in [4.69, 9.17) is 5.11 Å². The molecule has 0 bridgehead atoms. The lowest BCUT2D eigenvalue weighted by Crippen LogP contribution is -2.22. The Bertz CT molecular complexity index is 80.6. The number of aliphatic hydroxyl groups is 1. The first-order chi connectivity index (χ1) is 3.81. The van der Waals surface area contributed by atoms with Crippen LogP contribution in [0.4, 0.5) is 0 Å². The molecular formula is C6H10NO.